The fraction of sp³-hybridized carbons (Fsp3) is 0.438. The fourth-order valence-electron chi connectivity index (χ4n) is 1.89. The second-order valence-corrected chi connectivity index (χ2v) is 5.36. The average Bonchev–Trinajstić information content (AvgIpc) is 2.49. The van der Waals surface area contributed by atoms with E-state index in [0.717, 1.165) is 5.56 Å². The maximum absolute atomic E-state index is 12.2. The molecule has 2 N–H and O–H groups in total. The van der Waals surface area contributed by atoms with Crippen LogP contribution < -0.4 is 10.6 Å². The van der Waals surface area contributed by atoms with Crippen LogP contribution in [0.2, 0.25) is 0 Å². The van der Waals surface area contributed by atoms with Crippen LogP contribution in [0.4, 0.5) is 0 Å². The third-order valence-corrected chi connectivity index (χ3v) is 3.15. The number of methoxy groups -OCH3 is 1. The van der Waals surface area contributed by atoms with Crippen LogP contribution in [-0.2, 0) is 14.3 Å². The molecule has 1 aromatic rings. The summed E-state index contributed by atoms with van der Waals surface area (Å²) in [5, 5.41) is 5.15. The van der Waals surface area contributed by atoms with Gasteiger partial charge in [0.15, 0.2) is 0 Å². The van der Waals surface area contributed by atoms with E-state index >= 15 is 0 Å². The molecule has 0 aliphatic carbocycles. The van der Waals surface area contributed by atoms with Crippen molar-refractivity contribution in [2.75, 3.05) is 13.7 Å². The molecule has 22 heavy (non-hydrogen) atoms. The van der Waals surface area contributed by atoms with Gasteiger partial charge < -0.3 is 15.4 Å². The molecule has 0 radical (unpaired) electrons. The molecule has 6 nitrogen and oxygen atoms in total. The number of nitrogens with one attached hydrogen (secondary N) is 2. The fourth-order valence-corrected chi connectivity index (χ4v) is 1.89. The van der Waals surface area contributed by atoms with Crippen molar-refractivity contribution in [3.8, 4) is 0 Å². The highest BCUT2D eigenvalue weighted by atomic mass is 16.5. The van der Waals surface area contributed by atoms with Crippen LogP contribution in [0.1, 0.15) is 29.8 Å². The maximum Gasteiger partial charge on any atom is 0.325 e. The van der Waals surface area contributed by atoms with Gasteiger partial charge in [-0.05, 0) is 25.0 Å². The lowest BCUT2D eigenvalue weighted by Crippen LogP contribution is -2.50. The van der Waals surface area contributed by atoms with Crippen molar-refractivity contribution in [3.05, 3.63) is 35.4 Å². The molecule has 1 unspecified atom stereocenters. The van der Waals surface area contributed by atoms with E-state index in [1.807, 2.05) is 26.8 Å². The zero-order valence-electron chi connectivity index (χ0n) is 13.3. The van der Waals surface area contributed by atoms with Crippen LogP contribution in [0.25, 0.3) is 0 Å². The van der Waals surface area contributed by atoms with Gasteiger partial charge in [0.25, 0.3) is 5.91 Å². The summed E-state index contributed by atoms with van der Waals surface area (Å²) in [4.78, 5) is 35.4. The number of aryl methyl sites for hydroxylation is 1. The first-order chi connectivity index (χ1) is 10.3. The molecular weight excluding hydrogens is 284 g/mol. The number of esters is 1. The molecule has 0 aromatic heterocycles. The van der Waals surface area contributed by atoms with Crippen LogP contribution in [0, 0.1) is 12.8 Å². The molecule has 0 heterocycles. The van der Waals surface area contributed by atoms with Gasteiger partial charge in [-0.3, -0.25) is 14.4 Å². The van der Waals surface area contributed by atoms with Gasteiger partial charge in [-0.15, -0.1) is 0 Å². The van der Waals surface area contributed by atoms with Crippen molar-refractivity contribution >= 4 is 17.8 Å². The van der Waals surface area contributed by atoms with E-state index in [2.05, 4.69) is 15.4 Å². The molecule has 1 rings (SSSR count). The zero-order chi connectivity index (χ0) is 16.7. The van der Waals surface area contributed by atoms with Crippen LogP contribution in [-0.4, -0.2) is 37.5 Å². The predicted molar refractivity (Wildman–Crippen MR) is 82.3 cm³/mol. The Balaban J connectivity index is 2.73. The summed E-state index contributed by atoms with van der Waals surface area (Å²) in [6.45, 7) is 5.30. The molecule has 1 atom stereocenters. The molecule has 0 saturated carbocycles. The molecule has 0 fully saturated rings. The van der Waals surface area contributed by atoms with Crippen LogP contribution in [0.5, 0.6) is 0 Å². The van der Waals surface area contributed by atoms with Crippen LogP contribution in [0.15, 0.2) is 24.3 Å². The van der Waals surface area contributed by atoms with Gasteiger partial charge in [0.2, 0.25) is 5.91 Å². The summed E-state index contributed by atoms with van der Waals surface area (Å²) in [5.41, 5.74) is 1.45. The summed E-state index contributed by atoms with van der Waals surface area (Å²) < 4.78 is 4.46. The number of hydrogen-bond donors (Lipinski definition) is 2. The quantitative estimate of drug-likeness (QED) is 0.769. The van der Waals surface area contributed by atoms with Gasteiger partial charge in [0, 0.05) is 5.56 Å². The van der Waals surface area contributed by atoms with Crippen LogP contribution >= 0.6 is 0 Å². The molecule has 0 aliphatic heterocycles. The summed E-state index contributed by atoms with van der Waals surface area (Å²) in [5.74, 6) is -1.40. The van der Waals surface area contributed by atoms with Crippen molar-refractivity contribution < 1.29 is 19.1 Å². The van der Waals surface area contributed by atoms with Gasteiger partial charge in [-0.1, -0.05) is 31.5 Å². The average molecular weight is 306 g/mol. The molecule has 1 aromatic carbocycles. The number of ether oxygens (including phenoxy) is 1. The number of carbonyl (C=O) groups is 3. The second-order valence-electron chi connectivity index (χ2n) is 5.36. The second kappa shape index (κ2) is 8.17. The van der Waals surface area contributed by atoms with Gasteiger partial charge >= 0.3 is 5.97 Å². The van der Waals surface area contributed by atoms with Gasteiger partial charge in [0.05, 0.1) is 7.11 Å². The molecule has 120 valence electrons. The zero-order valence-corrected chi connectivity index (χ0v) is 13.3. The van der Waals surface area contributed by atoms with E-state index in [1.165, 1.54) is 7.11 Å². The highest BCUT2D eigenvalue weighted by Gasteiger charge is 2.25. The lowest BCUT2D eigenvalue weighted by atomic mass is 10.0. The summed E-state index contributed by atoms with van der Waals surface area (Å²) in [6, 6.07) is 6.38. The summed E-state index contributed by atoms with van der Waals surface area (Å²) >= 11 is 0. The number of carbonyl (C=O) groups excluding carboxylic acids is 3. The monoisotopic (exact) mass is 306 g/mol. The minimum absolute atomic E-state index is 0.119. The molecule has 6 heteroatoms. The van der Waals surface area contributed by atoms with E-state index in [1.54, 1.807) is 18.2 Å². The number of rotatable bonds is 6. The molecule has 0 saturated heterocycles. The Morgan fingerprint density at radius 2 is 1.91 bits per heavy atom. The Labute approximate surface area is 130 Å². The smallest absolute Gasteiger partial charge is 0.325 e. The van der Waals surface area contributed by atoms with E-state index in [-0.39, 0.29) is 18.4 Å². The van der Waals surface area contributed by atoms with Gasteiger partial charge in [0.1, 0.15) is 12.6 Å². The standard InChI is InChI=1S/C16H22N2O4/c1-10(2)14(16(21)17-9-13(19)22-4)18-15(20)12-7-5-6-11(3)8-12/h5-8,10,14H,9H2,1-4H3,(H,17,21)(H,18,20). The van der Waals surface area contributed by atoms with Crippen molar-refractivity contribution in [2.24, 2.45) is 5.92 Å². The third kappa shape index (κ3) is 5.20. The highest BCUT2D eigenvalue weighted by Crippen LogP contribution is 2.07. The van der Waals surface area contributed by atoms with Crippen molar-refractivity contribution in [1.82, 2.24) is 10.6 Å². The van der Waals surface area contributed by atoms with Gasteiger partial charge in [-0.25, -0.2) is 0 Å². The first kappa shape index (κ1) is 17.7. The molecule has 0 aliphatic rings. The summed E-state index contributed by atoms with van der Waals surface area (Å²) in [7, 11) is 1.24. The highest BCUT2D eigenvalue weighted by molar-refractivity contribution is 5.98. The minimum atomic E-state index is -0.724. The third-order valence-electron chi connectivity index (χ3n) is 3.15. The summed E-state index contributed by atoms with van der Waals surface area (Å²) in [6.07, 6.45) is 0. The Hall–Kier alpha value is -2.37. The first-order valence-electron chi connectivity index (χ1n) is 7.07. The molecule has 0 bridgehead atoms. The maximum atomic E-state index is 12.2. The number of hydrogen-bond acceptors (Lipinski definition) is 4. The van der Waals surface area contributed by atoms with Gasteiger partial charge in [-0.2, -0.15) is 0 Å². The topological polar surface area (TPSA) is 84.5 Å². The number of benzene rings is 1. The first-order valence-corrected chi connectivity index (χ1v) is 7.07. The predicted octanol–water partition coefficient (Wildman–Crippen LogP) is 1.04. The van der Waals surface area contributed by atoms with Crippen molar-refractivity contribution in [3.63, 3.8) is 0 Å². The van der Waals surface area contributed by atoms with E-state index < -0.39 is 17.9 Å². The van der Waals surface area contributed by atoms with Crippen LogP contribution in [0.3, 0.4) is 0 Å². The van der Waals surface area contributed by atoms with E-state index in [0.29, 0.717) is 5.56 Å². The minimum Gasteiger partial charge on any atom is -0.468 e. The Kier molecular flexibility index (Phi) is 6.56. The largest absolute Gasteiger partial charge is 0.468 e. The molecular formula is C16H22N2O4. The number of amides is 2. The van der Waals surface area contributed by atoms with Crippen molar-refractivity contribution in [1.29, 1.82) is 0 Å². The molecule has 0 spiro atoms. The van der Waals surface area contributed by atoms with E-state index in [9.17, 15) is 14.4 Å². The lowest BCUT2D eigenvalue weighted by molar-refractivity contribution is -0.141. The van der Waals surface area contributed by atoms with Crippen molar-refractivity contribution in [2.45, 2.75) is 26.8 Å². The van der Waals surface area contributed by atoms with E-state index in [4.69, 9.17) is 0 Å². The lowest BCUT2D eigenvalue weighted by Gasteiger charge is -2.21. The Morgan fingerprint density at radius 3 is 2.45 bits per heavy atom. The normalized spacial score (nSPS) is 11.7. The Morgan fingerprint density at radius 1 is 1.23 bits per heavy atom. The molecule has 2 amide bonds. The Bertz CT molecular complexity index is 555. The SMILES string of the molecule is COC(=O)CNC(=O)C(NC(=O)c1cccc(C)c1)C(C)C.